The number of amides is 2. The molecule has 2 N–H and O–H groups in total. The molecule has 1 saturated heterocycles. The van der Waals surface area contributed by atoms with Gasteiger partial charge in [-0.3, -0.25) is 14.5 Å². The number of hydrogen-bond donors (Lipinski definition) is 2. The summed E-state index contributed by atoms with van der Waals surface area (Å²) in [7, 11) is 0. The number of hydrogen-bond acceptors (Lipinski definition) is 5. The molecule has 2 atom stereocenters. The van der Waals surface area contributed by atoms with E-state index < -0.39 is 12.0 Å². The second-order valence-electron chi connectivity index (χ2n) is 7.24. The molecule has 7 nitrogen and oxygen atoms in total. The number of aryl methyl sites for hydroxylation is 1. The minimum atomic E-state index is -1.10. The molecule has 8 heteroatoms. The number of benzene rings is 1. The van der Waals surface area contributed by atoms with Gasteiger partial charge in [0.1, 0.15) is 22.9 Å². The average Bonchev–Trinajstić information content (AvgIpc) is 2.71. The summed E-state index contributed by atoms with van der Waals surface area (Å²) < 4.78 is 5.63. The van der Waals surface area contributed by atoms with E-state index in [0.29, 0.717) is 24.4 Å². The number of β-lactam (4-membered cyclic amide) rings is 1. The molecule has 2 heterocycles. The lowest BCUT2D eigenvalue weighted by molar-refractivity contribution is -0.150. The Bertz CT molecular complexity index is 821. The van der Waals surface area contributed by atoms with Crippen LogP contribution in [0, 0.1) is 0 Å². The molecule has 0 saturated carbocycles. The highest BCUT2D eigenvalue weighted by molar-refractivity contribution is 8.00. The van der Waals surface area contributed by atoms with Gasteiger partial charge < -0.3 is 15.2 Å². The summed E-state index contributed by atoms with van der Waals surface area (Å²) in [6.45, 7) is 4.52. The van der Waals surface area contributed by atoms with E-state index in [9.17, 15) is 19.5 Å². The van der Waals surface area contributed by atoms with Gasteiger partial charge in [-0.1, -0.05) is 25.5 Å². The molecule has 2 amide bonds. The third-order valence-corrected chi connectivity index (χ3v) is 6.43. The number of unbranched alkanes of at least 4 members (excludes halogenated alkanes) is 1. The van der Waals surface area contributed by atoms with Crippen molar-refractivity contribution in [1.82, 2.24) is 10.2 Å². The number of rotatable bonds is 9. The lowest BCUT2D eigenvalue weighted by atomic mass is 10.0. The number of carboxylic acids is 1. The van der Waals surface area contributed by atoms with Crippen LogP contribution in [0.2, 0.25) is 0 Å². The number of aliphatic carboxylic acids is 1. The van der Waals surface area contributed by atoms with Crippen molar-refractivity contribution in [2.75, 3.05) is 12.4 Å². The number of carboxylic acid groups (broad SMARTS) is 1. The van der Waals surface area contributed by atoms with Gasteiger partial charge in [-0.15, -0.1) is 11.8 Å². The Balaban J connectivity index is 1.48. The van der Waals surface area contributed by atoms with Crippen molar-refractivity contribution >= 4 is 29.5 Å². The van der Waals surface area contributed by atoms with Gasteiger partial charge in [0.15, 0.2) is 0 Å². The second kappa shape index (κ2) is 9.35. The van der Waals surface area contributed by atoms with Crippen LogP contribution in [0.3, 0.4) is 0 Å². The Hall–Kier alpha value is -2.48. The van der Waals surface area contributed by atoms with Crippen molar-refractivity contribution in [3.8, 4) is 5.75 Å². The van der Waals surface area contributed by atoms with Crippen LogP contribution in [0.4, 0.5) is 0 Å². The van der Waals surface area contributed by atoms with Gasteiger partial charge in [0, 0.05) is 12.2 Å². The van der Waals surface area contributed by atoms with Crippen LogP contribution < -0.4 is 10.1 Å². The fourth-order valence-corrected chi connectivity index (χ4v) is 4.66. The van der Waals surface area contributed by atoms with Gasteiger partial charge in [-0.05, 0) is 43.0 Å². The van der Waals surface area contributed by atoms with Crippen molar-refractivity contribution in [3.63, 3.8) is 0 Å². The molecule has 1 aromatic carbocycles. The number of nitrogens with one attached hydrogen (secondary N) is 1. The average molecular weight is 419 g/mol. The van der Waals surface area contributed by atoms with Gasteiger partial charge in [0.05, 0.1) is 6.61 Å². The molecule has 2 aliphatic rings. The maximum atomic E-state index is 12.4. The van der Waals surface area contributed by atoms with Crippen molar-refractivity contribution in [3.05, 3.63) is 41.1 Å². The van der Waals surface area contributed by atoms with E-state index in [-0.39, 0.29) is 29.3 Å². The van der Waals surface area contributed by atoms with E-state index in [1.165, 1.54) is 16.7 Å². The van der Waals surface area contributed by atoms with E-state index in [4.69, 9.17) is 4.74 Å². The minimum Gasteiger partial charge on any atom is -0.494 e. The topological polar surface area (TPSA) is 95.9 Å². The molecule has 0 radical (unpaired) electrons. The summed E-state index contributed by atoms with van der Waals surface area (Å²) in [4.78, 5) is 37.4. The molecule has 29 heavy (non-hydrogen) atoms. The van der Waals surface area contributed by atoms with E-state index >= 15 is 0 Å². The SMILES string of the molecule is CCCCOc1ccc(CCC(=O)N[C@@H]2C(=O)N3C(C(=O)O)=C(C)CS[C@H]23)cc1. The van der Waals surface area contributed by atoms with Crippen LogP contribution >= 0.6 is 11.8 Å². The van der Waals surface area contributed by atoms with Gasteiger partial charge in [-0.2, -0.15) is 0 Å². The first kappa shape index (κ1) is 21.2. The molecule has 0 bridgehead atoms. The predicted octanol–water partition coefficient (Wildman–Crippen LogP) is 2.56. The minimum absolute atomic E-state index is 0.0468. The lowest BCUT2D eigenvalue weighted by Crippen LogP contribution is -2.70. The third kappa shape index (κ3) is 4.75. The second-order valence-corrected chi connectivity index (χ2v) is 8.34. The number of nitrogens with zero attached hydrogens (tertiary/aromatic N) is 1. The maximum absolute atomic E-state index is 12.4. The van der Waals surface area contributed by atoms with Crippen LogP contribution in [0.15, 0.2) is 35.5 Å². The molecular weight excluding hydrogens is 392 g/mol. The van der Waals surface area contributed by atoms with Crippen molar-refractivity contribution in [2.45, 2.75) is 50.9 Å². The Morgan fingerprint density at radius 3 is 2.69 bits per heavy atom. The zero-order chi connectivity index (χ0) is 21.0. The zero-order valence-electron chi connectivity index (χ0n) is 16.6. The molecule has 0 aliphatic carbocycles. The normalized spacial score (nSPS) is 20.8. The fraction of sp³-hybridized carbons (Fsp3) is 0.476. The Kier molecular flexibility index (Phi) is 6.84. The van der Waals surface area contributed by atoms with Gasteiger partial charge in [0.25, 0.3) is 5.91 Å². The standard InChI is InChI=1S/C21H26N2O5S/c1-3-4-11-28-15-8-5-14(6-9-15)7-10-16(24)22-17-19(25)23-18(21(26)27)13(2)12-29-20(17)23/h5-6,8-9,17,20H,3-4,7,10-12H2,1-2H3,(H,22,24)(H,26,27)/t17-,20-/m1/s1. The number of carbonyl (C=O) groups excluding carboxylic acids is 2. The summed E-state index contributed by atoms with van der Waals surface area (Å²) in [6, 6.07) is 7.01. The highest BCUT2D eigenvalue weighted by Crippen LogP contribution is 2.40. The number of carbonyl (C=O) groups is 3. The van der Waals surface area contributed by atoms with Crippen molar-refractivity contribution in [1.29, 1.82) is 0 Å². The highest BCUT2D eigenvalue weighted by Gasteiger charge is 2.53. The van der Waals surface area contributed by atoms with Crippen LogP contribution in [-0.2, 0) is 20.8 Å². The lowest BCUT2D eigenvalue weighted by Gasteiger charge is -2.49. The zero-order valence-corrected chi connectivity index (χ0v) is 17.5. The van der Waals surface area contributed by atoms with Crippen LogP contribution in [-0.4, -0.2) is 51.6 Å². The third-order valence-electron chi connectivity index (χ3n) is 5.01. The number of thioether (sulfide) groups is 1. The van der Waals surface area contributed by atoms with E-state index in [1.54, 1.807) is 6.92 Å². The quantitative estimate of drug-likeness (QED) is 0.473. The molecular formula is C21H26N2O5S. The first-order valence-corrected chi connectivity index (χ1v) is 10.9. The van der Waals surface area contributed by atoms with Gasteiger partial charge in [0.2, 0.25) is 5.91 Å². The molecule has 0 aromatic heterocycles. The van der Waals surface area contributed by atoms with Crippen molar-refractivity contribution < 1.29 is 24.2 Å². The number of fused-ring (bicyclic) bond motifs is 1. The first-order valence-electron chi connectivity index (χ1n) is 9.81. The molecule has 0 spiro atoms. The Morgan fingerprint density at radius 2 is 2.03 bits per heavy atom. The smallest absolute Gasteiger partial charge is 0.352 e. The van der Waals surface area contributed by atoms with Crippen LogP contribution in [0.1, 0.15) is 38.7 Å². The maximum Gasteiger partial charge on any atom is 0.352 e. The van der Waals surface area contributed by atoms with E-state index in [0.717, 1.165) is 24.2 Å². The Morgan fingerprint density at radius 1 is 1.31 bits per heavy atom. The van der Waals surface area contributed by atoms with E-state index in [1.807, 2.05) is 24.3 Å². The predicted molar refractivity (Wildman–Crippen MR) is 111 cm³/mol. The summed E-state index contributed by atoms with van der Waals surface area (Å²) in [6.07, 6.45) is 2.92. The van der Waals surface area contributed by atoms with Gasteiger partial charge in [-0.25, -0.2) is 4.79 Å². The molecule has 156 valence electrons. The summed E-state index contributed by atoms with van der Waals surface area (Å²) in [5.41, 5.74) is 1.73. The summed E-state index contributed by atoms with van der Waals surface area (Å²) >= 11 is 1.48. The molecule has 3 rings (SSSR count). The summed E-state index contributed by atoms with van der Waals surface area (Å²) in [5.74, 6) is -0.322. The Labute approximate surface area is 174 Å². The summed E-state index contributed by atoms with van der Waals surface area (Å²) in [5, 5.41) is 11.8. The largest absolute Gasteiger partial charge is 0.494 e. The highest BCUT2D eigenvalue weighted by atomic mass is 32.2. The number of ether oxygens (including phenoxy) is 1. The van der Waals surface area contributed by atoms with Gasteiger partial charge >= 0.3 is 5.97 Å². The van der Waals surface area contributed by atoms with Crippen LogP contribution in [0.25, 0.3) is 0 Å². The van der Waals surface area contributed by atoms with E-state index in [2.05, 4.69) is 12.2 Å². The monoisotopic (exact) mass is 418 g/mol. The fourth-order valence-electron chi connectivity index (χ4n) is 3.37. The molecule has 2 aliphatic heterocycles. The molecule has 0 unspecified atom stereocenters. The molecule has 1 fully saturated rings. The van der Waals surface area contributed by atoms with Crippen molar-refractivity contribution in [2.24, 2.45) is 0 Å². The van der Waals surface area contributed by atoms with Crippen LogP contribution in [0.5, 0.6) is 5.75 Å². The molecule has 1 aromatic rings. The first-order chi connectivity index (χ1) is 13.9.